The number of rotatable bonds is 6. The number of hydrogen-bond acceptors (Lipinski definition) is 17. The third kappa shape index (κ3) is 16.3. The molecule has 3 aliphatic heterocycles. The lowest BCUT2D eigenvalue weighted by Crippen LogP contribution is -2.59. The normalized spacial score (nSPS) is 24.2. The monoisotopic (exact) mass is 1120 g/mol. The molecule has 0 spiro atoms. The molecule has 6 atom stereocenters. The van der Waals surface area contributed by atoms with Crippen LogP contribution in [0.4, 0.5) is 0 Å². The number of ketones is 1. The zero-order valence-corrected chi connectivity index (χ0v) is 47.1. The minimum atomic E-state index is -1.54. The molecule has 5 heterocycles. The van der Waals surface area contributed by atoms with Crippen molar-refractivity contribution in [1.82, 2.24) is 60.2 Å². The van der Waals surface area contributed by atoms with Gasteiger partial charge in [-0.25, -0.2) is 9.59 Å². The van der Waals surface area contributed by atoms with Gasteiger partial charge in [0.2, 0.25) is 41.4 Å². The Hall–Kier alpha value is -7.90. The van der Waals surface area contributed by atoms with E-state index in [1.807, 2.05) is 0 Å². The zero-order chi connectivity index (χ0) is 59.0. The fourth-order valence-corrected chi connectivity index (χ4v) is 9.78. The van der Waals surface area contributed by atoms with Gasteiger partial charge in [0.1, 0.15) is 54.8 Å². The molecule has 3 saturated heterocycles. The van der Waals surface area contributed by atoms with Crippen LogP contribution in [0.2, 0.25) is 0 Å². The molecule has 3 fully saturated rings. The number of carbonyl (C=O) groups is 12. The van der Waals surface area contributed by atoms with Crippen LogP contribution in [0, 0.1) is 11.8 Å². The Morgan fingerprint density at radius 1 is 0.625 bits per heavy atom. The van der Waals surface area contributed by atoms with Crippen LogP contribution in [-0.4, -0.2) is 246 Å². The SMILES string of the molecule is CC(C)[C@H]1C(=O)OCC(N(C)C(=O)c2ccccn2)C(=O)N2CCCC[C@H]2C(=O)NCC(=O)N(C)CC(=O)N(C)[C@@H](C(C)C)C(=O)OCC(NC(=O)c2ccccn2)C(=O)N2CCCC[C@H]2C(=O)CNCC(=O)N(C)CC(=O)N1C. The predicted molar refractivity (Wildman–Crippen MR) is 285 cm³/mol. The van der Waals surface area contributed by atoms with Gasteiger partial charge < -0.3 is 59.7 Å². The van der Waals surface area contributed by atoms with E-state index in [0.717, 1.165) is 24.5 Å². The van der Waals surface area contributed by atoms with Crippen molar-refractivity contribution in [2.45, 2.75) is 102 Å². The van der Waals surface area contributed by atoms with E-state index in [4.69, 9.17) is 9.47 Å². The second-order valence-corrected chi connectivity index (χ2v) is 20.9. The number of Topliss-reactive ketones (excluding diaryl/α,β-unsaturated/α-hetero) is 1. The van der Waals surface area contributed by atoms with Crippen LogP contribution < -0.4 is 16.0 Å². The highest BCUT2D eigenvalue weighted by Gasteiger charge is 2.42. The molecule has 3 aliphatic rings. The number of cyclic esters (lactones) is 2. The third-order valence-corrected chi connectivity index (χ3v) is 14.4. The summed E-state index contributed by atoms with van der Waals surface area (Å²) in [5.41, 5.74) is -0.0793. The van der Waals surface area contributed by atoms with Crippen LogP contribution in [0.3, 0.4) is 0 Å². The van der Waals surface area contributed by atoms with E-state index in [1.54, 1.807) is 52.0 Å². The van der Waals surface area contributed by atoms with Crippen molar-refractivity contribution in [3.8, 4) is 0 Å². The van der Waals surface area contributed by atoms with E-state index < -0.39 is 158 Å². The van der Waals surface area contributed by atoms with Gasteiger partial charge in [-0.3, -0.25) is 57.9 Å². The second-order valence-electron chi connectivity index (χ2n) is 20.9. The summed E-state index contributed by atoms with van der Waals surface area (Å²) in [6.07, 6.45) is 5.22. The number of aromatic nitrogens is 2. The molecule has 5 rings (SSSR count). The smallest absolute Gasteiger partial charge is 0.329 e. The number of nitrogens with zero attached hydrogens (tertiary/aromatic N) is 9. The molecule has 2 aromatic heterocycles. The lowest BCUT2D eigenvalue weighted by atomic mass is 9.97. The third-order valence-electron chi connectivity index (χ3n) is 14.4. The summed E-state index contributed by atoms with van der Waals surface area (Å²) in [6, 6.07) is 1.45. The Morgan fingerprint density at radius 2 is 1.12 bits per heavy atom. The molecule has 0 aliphatic carbocycles. The first-order valence-electron chi connectivity index (χ1n) is 26.8. The Bertz CT molecular complexity index is 2590. The van der Waals surface area contributed by atoms with Gasteiger partial charge >= 0.3 is 11.9 Å². The maximum absolute atomic E-state index is 14.7. The molecular weight excluding hydrogens is 1040 g/mol. The first kappa shape index (κ1) is 62.9. The van der Waals surface area contributed by atoms with E-state index in [2.05, 4.69) is 25.9 Å². The lowest BCUT2D eigenvalue weighted by Gasteiger charge is -2.39. The fraction of sp³-hybridized carbons (Fsp3) is 0.593. The molecular formula is C54H76N12O14. The summed E-state index contributed by atoms with van der Waals surface area (Å²) >= 11 is 0. The van der Waals surface area contributed by atoms with Gasteiger partial charge in [-0.15, -0.1) is 0 Å². The van der Waals surface area contributed by atoms with Crippen molar-refractivity contribution in [3.63, 3.8) is 0 Å². The van der Waals surface area contributed by atoms with E-state index >= 15 is 0 Å². The molecule has 80 heavy (non-hydrogen) atoms. The maximum Gasteiger partial charge on any atom is 0.329 e. The minimum Gasteiger partial charge on any atom is -0.461 e. The molecule has 9 amide bonds. The Morgan fingerprint density at radius 3 is 1.65 bits per heavy atom. The Labute approximate surface area is 465 Å². The van der Waals surface area contributed by atoms with Gasteiger partial charge in [0.25, 0.3) is 11.8 Å². The van der Waals surface area contributed by atoms with Crippen molar-refractivity contribution < 1.29 is 67.0 Å². The number of ether oxygens (including phenoxy) is 2. The van der Waals surface area contributed by atoms with E-state index in [9.17, 15) is 57.5 Å². The number of carbonyl (C=O) groups excluding carboxylic acids is 12. The average molecular weight is 1120 g/mol. The molecule has 3 N–H and O–H groups in total. The summed E-state index contributed by atoms with van der Waals surface area (Å²) in [5.74, 6) is -9.85. The number of esters is 2. The zero-order valence-electron chi connectivity index (χ0n) is 47.1. The topological polar surface area (TPSA) is 308 Å². The van der Waals surface area contributed by atoms with E-state index in [-0.39, 0.29) is 43.9 Å². The number of amides is 9. The van der Waals surface area contributed by atoms with Crippen LogP contribution in [0.15, 0.2) is 48.8 Å². The number of hydrogen-bond donors (Lipinski definition) is 3. The first-order valence-corrected chi connectivity index (χ1v) is 26.8. The van der Waals surface area contributed by atoms with Crippen LogP contribution in [0.25, 0.3) is 0 Å². The summed E-state index contributed by atoms with van der Waals surface area (Å²) in [7, 11) is 6.68. The van der Waals surface area contributed by atoms with Crippen molar-refractivity contribution in [1.29, 1.82) is 0 Å². The van der Waals surface area contributed by atoms with Crippen LogP contribution in [-0.2, 0) is 57.4 Å². The average Bonchev–Trinajstić information content (AvgIpc) is 3.45. The molecule has 26 heteroatoms. The van der Waals surface area contributed by atoms with E-state index in [1.165, 1.54) is 69.6 Å². The highest BCUT2D eigenvalue weighted by molar-refractivity contribution is 6.00. The van der Waals surface area contributed by atoms with Crippen LogP contribution in [0.1, 0.15) is 87.2 Å². The largest absolute Gasteiger partial charge is 0.461 e. The van der Waals surface area contributed by atoms with Crippen LogP contribution in [0.5, 0.6) is 0 Å². The Kier molecular flexibility index (Phi) is 23.1. The molecule has 0 saturated carbocycles. The molecule has 26 nitrogen and oxygen atoms in total. The number of likely N-dealkylation sites (N-methyl/N-ethyl adjacent to an activating group) is 5. The highest BCUT2D eigenvalue weighted by Crippen LogP contribution is 2.23. The van der Waals surface area contributed by atoms with Gasteiger partial charge in [0.05, 0.1) is 38.8 Å². The van der Waals surface area contributed by atoms with Crippen molar-refractivity contribution in [2.24, 2.45) is 11.8 Å². The summed E-state index contributed by atoms with van der Waals surface area (Å²) in [6.45, 7) is 2.90. The van der Waals surface area contributed by atoms with E-state index in [0.29, 0.717) is 25.7 Å². The fourth-order valence-electron chi connectivity index (χ4n) is 9.78. The minimum absolute atomic E-state index is 0.0282. The second kappa shape index (κ2) is 29.4. The summed E-state index contributed by atoms with van der Waals surface area (Å²) in [5, 5.41) is 7.97. The number of piperidine rings is 2. The highest BCUT2D eigenvalue weighted by atomic mass is 16.5. The number of pyridine rings is 2. The summed E-state index contributed by atoms with van der Waals surface area (Å²) < 4.78 is 11.5. The molecule has 0 bridgehead atoms. The van der Waals surface area contributed by atoms with Crippen molar-refractivity contribution >= 4 is 70.9 Å². The number of nitrogens with one attached hydrogen (secondary N) is 3. The molecule has 0 radical (unpaired) electrons. The van der Waals surface area contributed by atoms with Gasteiger partial charge in [-0.2, -0.15) is 0 Å². The molecule has 2 aromatic rings. The predicted octanol–water partition coefficient (Wildman–Crippen LogP) is -1.26. The van der Waals surface area contributed by atoms with Crippen molar-refractivity contribution in [3.05, 3.63) is 60.2 Å². The molecule has 2 unspecified atom stereocenters. The Balaban J connectivity index is 1.45. The summed E-state index contributed by atoms with van der Waals surface area (Å²) in [4.78, 5) is 183. The van der Waals surface area contributed by atoms with Gasteiger partial charge in [0, 0.05) is 60.7 Å². The number of fused-ring (bicyclic) bond motifs is 2. The molecule has 436 valence electrons. The van der Waals surface area contributed by atoms with Gasteiger partial charge in [-0.1, -0.05) is 39.8 Å². The first-order chi connectivity index (χ1) is 37.9. The lowest BCUT2D eigenvalue weighted by molar-refractivity contribution is -0.160. The van der Waals surface area contributed by atoms with Gasteiger partial charge in [-0.05, 0) is 74.6 Å². The standard InChI is InChI=1S/C54H76N12O14/c1-33(2)46-53(77)79-31-37(59-48(72)35-18-10-14-22-56-35)51(75)65-24-16-12-20-38(65)41(67)26-55-27-42(68)60(5)29-44(70)64(9)47(34(3)4)54(78)80-32-40(62(7)50(74)36-19-11-15-23-57-36)52(76)66-25-17-13-21-39(66)49(73)58-28-43(69)61(6)30-45(71)63(46)8/h10-11,14-15,18-19,22-23,33-34,37-40,46-47,55H,12-13,16-17,20-21,24-32H2,1-9H3,(H,58,73)(H,59,72)/t37?,38-,39-,40?,46-,47-/m0/s1. The van der Waals surface area contributed by atoms with Crippen molar-refractivity contribution in [2.75, 3.05) is 94.3 Å². The van der Waals surface area contributed by atoms with Crippen LogP contribution >= 0.6 is 0 Å². The van der Waals surface area contributed by atoms with Gasteiger partial charge in [0.15, 0.2) is 5.78 Å². The molecule has 0 aromatic carbocycles. The quantitative estimate of drug-likeness (QED) is 0.284. The maximum atomic E-state index is 14.7.